The van der Waals surface area contributed by atoms with E-state index in [9.17, 15) is 0 Å². The van der Waals surface area contributed by atoms with E-state index in [1.807, 2.05) is 11.4 Å². The molecule has 7 nitrogen and oxygen atoms in total. The lowest BCUT2D eigenvalue weighted by Gasteiger charge is -2.36. The van der Waals surface area contributed by atoms with E-state index >= 15 is 0 Å². The zero-order valence-electron chi connectivity index (χ0n) is 12.3. The van der Waals surface area contributed by atoms with Gasteiger partial charge in [-0.3, -0.25) is 0 Å². The van der Waals surface area contributed by atoms with Crippen LogP contribution in [0.1, 0.15) is 5.69 Å². The molecule has 8 heteroatoms. The molecule has 23 heavy (non-hydrogen) atoms. The third kappa shape index (κ3) is 2.45. The zero-order chi connectivity index (χ0) is 15.6. The molecule has 0 saturated carbocycles. The van der Waals surface area contributed by atoms with Crippen molar-refractivity contribution in [2.75, 3.05) is 36.0 Å². The van der Waals surface area contributed by atoms with Gasteiger partial charge in [-0.15, -0.1) is 11.3 Å². The van der Waals surface area contributed by atoms with Gasteiger partial charge in [-0.05, 0) is 11.4 Å². The van der Waals surface area contributed by atoms with Gasteiger partial charge in [0.25, 0.3) is 0 Å². The topological polar surface area (TPSA) is 81.8 Å². The highest BCUT2D eigenvalue weighted by atomic mass is 32.1. The molecule has 1 aliphatic heterocycles. The number of nitriles is 1. The summed E-state index contributed by atoms with van der Waals surface area (Å²) in [6.45, 7) is 3.21. The number of hydrogen-bond donors (Lipinski definition) is 0. The molecule has 3 aromatic rings. The van der Waals surface area contributed by atoms with Gasteiger partial charge in [0.2, 0.25) is 0 Å². The highest BCUT2D eigenvalue weighted by Crippen LogP contribution is 2.29. The molecule has 1 fully saturated rings. The van der Waals surface area contributed by atoms with Crippen LogP contribution in [0.15, 0.2) is 30.2 Å². The Bertz CT molecular complexity index is 877. The van der Waals surface area contributed by atoms with Crippen LogP contribution in [0, 0.1) is 11.3 Å². The SMILES string of the molecule is N#Cc1nccnc1N1CCN(c2ncnc3ccsc23)CC1. The van der Waals surface area contributed by atoms with E-state index in [-0.39, 0.29) is 0 Å². The van der Waals surface area contributed by atoms with E-state index in [0.717, 1.165) is 42.2 Å². The van der Waals surface area contributed by atoms with Gasteiger partial charge in [-0.1, -0.05) is 0 Å². The number of hydrogen-bond acceptors (Lipinski definition) is 8. The molecular formula is C15H13N7S. The quantitative estimate of drug-likeness (QED) is 0.709. The van der Waals surface area contributed by atoms with Crippen LogP contribution in [0.5, 0.6) is 0 Å². The van der Waals surface area contributed by atoms with Gasteiger partial charge in [0, 0.05) is 38.6 Å². The van der Waals surface area contributed by atoms with Crippen molar-refractivity contribution in [3.63, 3.8) is 0 Å². The van der Waals surface area contributed by atoms with Crippen LogP contribution in [0.25, 0.3) is 10.2 Å². The number of piperazine rings is 1. The normalized spacial score (nSPS) is 14.9. The summed E-state index contributed by atoms with van der Waals surface area (Å²) in [5.74, 6) is 1.66. The standard InChI is InChI=1S/C15H13N7S/c16-9-12-14(18-3-2-17-12)21-4-6-22(7-5-21)15-13-11(1-8-23-13)19-10-20-15/h1-3,8,10H,4-7H2. The summed E-state index contributed by atoms with van der Waals surface area (Å²) in [7, 11) is 0. The first-order valence-corrected chi connectivity index (χ1v) is 8.14. The second-order valence-corrected chi connectivity index (χ2v) is 6.06. The first-order valence-electron chi connectivity index (χ1n) is 7.26. The van der Waals surface area contributed by atoms with Crippen molar-refractivity contribution in [3.8, 4) is 6.07 Å². The summed E-state index contributed by atoms with van der Waals surface area (Å²) in [6, 6.07) is 4.12. The third-order valence-electron chi connectivity index (χ3n) is 3.89. The number of fused-ring (bicyclic) bond motifs is 1. The predicted octanol–water partition coefficient (Wildman–Crippen LogP) is 1.68. The first kappa shape index (κ1) is 13.8. The average Bonchev–Trinajstić information content (AvgIpc) is 3.10. The molecule has 0 radical (unpaired) electrons. The molecule has 4 rings (SSSR count). The minimum atomic E-state index is 0.378. The molecule has 0 atom stereocenters. The Morgan fingerprint density at radius 3 is 2.48 bits per heavy atom. The number of anilines is 2. The second kappa shape index (κ2) is 5.78. The summed E-state index contributed by atoms with van der Waals surface area (Å²) >= 11 is 1.67. The number of nitrogens with zero attached hydrogens (tertiary/aromatic N) is 7. The largest absolute Gasteiger partial charge is 0.352 e. The molecule has 0 amide bonds. The van der Waals surface area contributed by atoms with Gasteiger partial charge in [0.1, 0.15) is 18.2 Å². The van der Waals surface area contributed by atoms with Gasteiger partial charge >= 0.3 is 0 Å². The number of aromatic nitrogens is 4. The van der Waals surface area contributed by atoms with Crippen LogP contribution in [0.4, 0.5) is 11.6 Å². The van der Waals surface area contributed by atoms with Crippen LogP contribution in [0.3, 0.4) is 0 Å². The first-order chi connectivity index (χ1) is 11.4. The maximum Gasteiger partial charge on any atom is 0.183 e. The van der Waals surface area contributed by atoms with Crippen LogP contribution in [-0.4, -0.2) is 46.1 Å². The molecule has 0 N–H and O–H groups in total. The molecule has 1 saturated heterocycles. The molecule has 0 aliphatic carbocycles. The van der Waals surface area contributed by atoms with Gasteiger partial charge in [-0.25, -0.2) is 19.9 Å². The maximum absolute atomic E-state index is 9.17. The fourth-order valence-electron chi connectivity index (χ4n) is 2.77. The average molecular weight is 323 g/mol. The molecular weight excluding hydrogens is 310 g/mol. The zero-order valence-corrected chi connectivity index (χ0v) is 13.1. The monoisotopic (exact) mass is 323 g/mol. The van der Waals surface area contributed by atoms with E-state index in [4.69, 9.17) is 5.26 Å². The molecule has 3 aromatic heterocycles. The fraction of sp³-hybridized carbons (Fsp3) is 0.267. The lowest BCUT2D eigenvalue weighted by Crippen LogP contribution is -2.47. The van der Waals surface area contributed by atoms with Crippen LogP contribution in [-0.2, 0) is 0 Å². The van der Waals surface area contributed by atoms with Crippen molar-refractivity contribution in [3.05, 3.63) is 35.9 Å². The third-order valence-corrected chi connectivity index (χ3v) is 4.79. The Hall–Kier alpha value is -2.79. The summed E-state index contributed by atoms with van der Waals surface area (Å²) in [4.78, 5) is 21.5. The molecule has 0 aromatic carbocycles. The maximum atomic E-state index is 9.17. The van der Waals surface area contributed by atoms with Crippen LogP contribution >= 0.6 is 11.3 Å². The van der Waals surface area contributed by atoms with E-state index in [0.29, 0.717) is 11.5 Å². The predicted molar refractivity (Wildman–Crippen MR) is 88.6 cm³/mol. The number of thiophene rings is 1. The van der Waals surface area contributed by atoms with E-state index < -0.39 is 0 Å². The highest BCUT2D eigenvalue weighted by Gasteiger charge is 2.23. The Morgan fingerprint density at radius 1 is 0.957 bits per heavy atom. The van der Waals surface area contributed by atoms with Crippen molar-refractivity contribution in [1.29, 1.82) is 5.26 Å². The molecule has 0 bridgehead atoms. The Labute approximate surface area is 136 Å². The molecule has 1 aliphatic rings. The fourth-order valence-corrected chi connectivity index (χ4v) is 3.63. The van der Waals surface area contributed by atoms with E-state index in [1.54, 1.807) is 30.1 Å². The Kier molecular flexibility index (Phi) is 3.48. The highest BCUT2D eigenvalue weighted by molar-refractivity contribution is 7.17. The van der Waals surface area contributed by atoms with Gasteiger partial charge in [-0.2, -0.15) is 5.26 Å². The summed E-state index contributed by atoms with van der Waals surface area (Å²) in [5, 5.41) is 11.2. The summed E-state index contributed by atoms with van der Waals surface area (Å²) in [5.41, 5.74) is 1.37. The van der Waals surface area contributed by atoms with Crippen molar-refractivity contribution < 1.29 is 0 Å². The van der Waals surface area contributed by atoms with Crippen molar-refractivity contribution in [1.82, 2.24) is 19.9 Å². The summed E-state index contributed by atoms with van der Waals surface area (Å²) < 4.78 is 1.12. The molecule has 0 unspecified atom stereocenters. The van der Waals surface area contributed by atoms with Crippen LogP contribution in [0.2, 0.25) is 0 Å². The van der Waals surface area contributed by atoms with Gasteiger partial charge in [0.15, 0.2) is 11.5 Å². The Balaban J connectivity index is 1.56. The molecule has 0 spiro atoms. The Morgan fingerprint density at radius 2 is 1.70 bits per heavy atom. The van der Waals surface area contributed by atoms with Crippen molar-refractivity contribution in [2.24, 2.45) is 0 Å². The van der Waals surface area contributed by atoms with Crippen molar-refractivity contribution >= 4 is 33.2 Å². The molecule has 114 valence electrons. The van der Waals surface area contributed by atoms with E-state index in [2.05, 4.69) is 35.8 Å². The number of rotatable bonds is 2. The van der Waals surface area contributed by atoms with E-state index in [1.165, 1.54) is 0 Å². The lowest BCUT2D eigenvalue weighted by molar-refractivity contribution is 0.641. The van der Waals surface area contributed by atoms with Gasteiger partial charge in [0.05, 0.1) is 10.2 Å². The molecule has 4 heterocycles. The second-order valence-electron chi connectivity index (χ2n) is 5.15. The minimum absolute atomic E-state index is 0.378. The van der Waals surface area contributed by atoms with Gasteiger partial charge < -0.3 is 9.80 Å². The minimum Gasteiger partial charge on any atom is -0.352 e. The van der Waals surface area contributed by atoms with Crippen molar-refractivity contribution in [2.45, 2.75) is 0 Å². The van der Waals surface area contributed by atoms with Crippen LogP contribution < -0.4 is 9.80 Å². The summed E-state index contributed by atoms with van der Waals surface area (Å²) in [6.07, 6.45) is 4.79. The smallest absolute Gasteiger partial charge is 0.183 e. The lowest BCUT2D eigenvalue weighted by atomic mass is 10.3.